The lowest BCUT2D eigenvalue weighted by molar-refractivity contribution is -0.118. The summed E-state index contributed by atoms with van der Waals surface area (Å²) in [5.41, 5.74) is 2.55. The van der Waals surface area contributed by atoms with Crippen LogP contribution in [-0.2, 0) is 9.59 Å². The van der Waals surface area contributed by atoms with E-state index in [0.29, 0.717) is 27.7 Å². The zero-order valence-electron chi connectivity index (χ0n) is 17.3. The Labute approximate surface area is 191 Å². The third-order valence-electron chi connectivity index (χ3n) is 4.46. The monoisotopic (exact) mass is 445 g/mol. The Bertz CT molecular complexity index is 1200. The van der Waals surface area contributed by atoms with Gasteiger partial charge in [0.05, 0.1) is 0 Å². The Morgan fingerprint density at radius 2 is 1.69 bits per heavy atom. The molecule has 3 aromatic carbocycles. The maximum Gasteiger partial charge on any atom is 0.266 e. The van der Waals surface area contributed by atoms with E-state index in [1.165, 1.54) is 6.08 Å². The number of halogens is 1. The molecule has 0 unspecified atom stereocenters. The van der Waals surface area contributed by atoms with E-state index in [0.717, 1.165) is 5.56 Å². The first kappa shape index (κ1) is 22.6. The summed E-state index contributed by atoms with van der Waals surface area (Å²) in [5, 5.41) is 15.5. The molecule has 0 radical (unpaired) electrons. The van der Waals surface area contributed by atoms with E-state index in [1.54, 1.807) is 48.5 Å². The molecule has 2 amide bonds. The molecule has 3 aromatic rings. The van der Waals surface area contributed by atoms with Crippen molar-refractivity contribution in [2.45, 2.75) is 6.92 Å². The fourth-order valence-electron chi connectivity index (χ4n) is 2.81. The molecular formula is C25H20ClN3O3. The van der Waals surface area contributed by atoms with Gasteiger partial charge < -0.3 is 15.4 Å². The van der Waals surface area contributed by atoms with Crippen molar-refractivity contribution < 1.29 is 14.3 Å². The van der Waals surface area contributed by atoms with Crippen LogP contribution >= 0.6 is 11.6 Å². The van der Waals surface area contributed by atoms with Crippen molar-refractivity contribution in [2.24, 2.45) is 0 Å². The molecule has 0 saturated heterocycles. The molecule has 7 heteroatoms. The molecule has 0 bridgehead atoms. The highest BCUT2D eigenvalue weighted by Gasteiger charge is 2.12. The highest BCUT2D eigenvalue weighted by atomic mass is 35.5. The molecule has 0 heterocycles. The van der Waals surface area contributed by atoms with Crippen molar-refractivity contribution in [3.63, 3.8) is 0 Å². The summed E-state index contributed by atoms with van der Waals surface area (Å²) in [6, 6.07) is 22.7. The number of amides is 2. The predicted molar refractivity (Wildman–Crippen MR) is 125 cm³/mol. The van der Waals surface area contributed by atoms with E-state index in [4.69, 9.17) is 16.3 Å². The minimum absolute atomic E-state index is 0.111. The minimum Gasteiger partial charge on any atom is -0.483 e. The maximum absolute atomic E-state index is 12.5. The summed E-state index contributed by atoms with van der Waals surface area (Å²) in [6.07, 6.45) is 1.42. The standard InChI is InChI=1S/C25H20ClN3O3/c1-17-6-2-4-8-22(17)29-24(30)16-32-23-9-5-3-7-18(23)14-19(15-27)25(31)28-21-12-10-20(26)11-13-21/h2-14H,16H2,1H3,(H,28,31)(H,29,30)/b19-14-. The van der Waals surface area contributed by atoms with Gasteiger partial charge in [-0.1, -0.05) is 48.0 Å². The lowest BCUT2D eigenvalue weighted by Gasteiger charge is -2.11. The summed E-state index contributed by atoms with van der Waals surface area (Å²) in [7, 11) is 0. The van der Waals surface area contributed by atoms with Crippen molar-refractivity contribution in [1.29, 1.82) is 5.26 Å². The smallest absolute Gasteiger partial charge is 0.266 e. The number of carbonyl (C=O) groups excluding carboxylic acids is 2. The van der Waals surface area contributed by atoms with Gasteiger partial charge in [-0.2, -0.15) is 5.26 Å². The number of anilines is 2. The van der Waals surface area contributed by atoms with E-state index in [2.05, 4.69) is 10.6 Å². The van der Waals surface area contributed by atoms with Gasteiger partial charge in [-0.3, -0.25) is 9.59 Å². The van der Waals surface area contributed by atoms with Crippen LogP contribution in [0, 0.1) is 18.3 Å². The molecule has 0 aliphatic rings. The number of nitrogens with zero attached hydrogens (tertiary/aromatic N) is 1. The van der Waals surface area contributed by atoms with Crippen molar-refractivity contribution in [1.82, 2.24) is 0 Å². The normalized spacial score (nSPS) is 10.7. The lowest BCUT2D eigenvalue weighted by Crippen LogP contribution is -2.20. The topological polar surface area (TPSA) is 91.2 Å². The second-order valence-corrected chi connectivity index (χ2v) is 7.26. The highest BCUT2D eigenvalue weighted by Crippen LogP contribution is 2.22. The van der Waals surface area contributed by atoms with Crippen LogP contribution in [0.3, 0.4) is 0 Å². The quantitative estimate of drug-likeness (QED) is 0.385. The number of ether oxygens (including phenoxy) is 1. The highest BCUT2D eigenvalue weighted by molar-refractivity contribution is 6.30. The van der Waals surface area contributed by atoms with Gasteiger partial charge in [0.1, 0.15) is 17.4 Å². The van der Waals surface area contributed by atoms with E-state index in [1.807, 2.05) is 37.3 Å². The number of benzene rings is 3. The van der Waals surface area contributed by atoms with Gasteiger partial charge >= 0.3 is 0 Å². The summed E-state index contributed by atoms with van der Waals surface area (Å²) in [6.45, 7) is 1.67. The molecule has 2 N–H and O–H groups in total. The number of para-hydroxylation sites is 2. The van der Waals surface area contributed by atoms with Crippen LogP contribution in [0.2, 0.25) is 5.02 Å². The van der Waals surface area contributed by atoms with E-state index in [-0.39, 0.29) is 18.1 Å². The minimum atomic E-state index is -0.568. The molecule has 3 rings (SSSR count). The van der Waals surface area contributed by atoms with E-state index in [9.17, 15) is 14.9 Å². The second-order valence-electron chi connectivity index (χ2n) is 6.82. The number of carbonyl (C=O) groups is 2. The van der Waals surface area contributed by atoms with Crippen molar-refractivity contribution in [3.8, 4) is 11.8 Å². The Kier molecular flexibility index (Phi) is 7.63. The SMILES string of the molecule is Cc1ccccc1NC(=O)COc1ccccc1/C=C(/C#N)C(=O)Nc1ccc(Cl)cc1. The zero-order chi connectivity index (χ0) is 22.9. The first-order chi connectivity index (χ1) is 15.5. The van der Waals surface area contributed by atoms with Crippen LogP contribution in [0.1, 0.15) is 11.1 Å². The number of hydrogen-bond donors (Lipinski definition) is 2. The van der Waals surface area contributed by atoms with Crippen LogP contribution in [0.5, 0.6) is 5.75 Å². The first-order valence-electron chi connectivity index (χ1n) is 9.72. The second kappa shape index (κ2) is 10.8. The number of nitrogens with one attached hydrogen (secondary N) is 2. The van der Waals surface area contributed by atoms with E-state index < -0.39 is 5.91 Å². The molecule has 0 aliphatic heterocycles. The molecule has 0 spiro atoms. The van der Waals surface area contributed by atoms with Crippen molar-refractivity contribution in [2.75, 3.05) is 17.2 Å². The Morgan fingerprint density at radius 3 is 2.41 bits per heavy atom. The number of nitriles is 1. The van der Waals surface area contributed by atoms with Crippen LogP contribution in [0.4, 0.5) is 11.4 Å². The molecule has 0 fully saturated rings. The van der Waals surface area contributed by atoms with Crippen molar-refractivity contribution >= 4 is 40.9 Å². The molecular weight excluding hydrogens is 426 g/mol. The van der Waals surface area contributed by atoms with Gasteiger partial charge in [-0.25, -0.2) is 0 Å². The average molecular weight is 446 g/mol. The predicted octanol–water partition coefficient (Wildman–Crippen LogP) is 5.21. The summed E-state index contributed by atoms with van der Waals surface area (Å²) < 4.78 is 5.66. The molecule has 160 valence electrons. The number of hydrogen-bond acceptors (Lipinski definition) is 4. The summed E-state index contributed by atoms with van der Waals surface area (Å²) in [5.74, 6) is -0.513. The fraction of sp³-hybridized carbons (Fsp3) is 0.0800. The van der Waals surface area contributed by atoms with Gasteiger partial charge in [-0.05, 0) is 55.0 Å². The molecule has 32 heavy (non-hydrogen) atoms. The largest absolute Gasteiger partial charge is 0.483 e. The van der Waals surface area contributed by atoms with Gasteiger partial charge in [0.2, 0.25) is 0 Å². The van der Waals surface area contributed by atoms with Crippen molar-refractivity contribution in [3.05, 3.63) is 94.5 Å². The summed E-state index contributed by atoms with van der Waals surface area (Å²) in [4.78, 5) is 24.8. The van der Waals surface area contributed by atoms with Crippen LogP contribution in [-0.4, -0.2) is 18.4 Å². The molecule has 0 atom stereocenters. The lowest BCUT2D eigenvalue weighted by atomic mass is 10.1. The first-order valence-corrected chi connectivity index (χ1v) is 10.1. The molecule has 0 aromatic heterocycles. The van der Waals surface area contributed by atoms with Gasteiger partial charge in [0.25, 0.3) is 11.8 Å². The summed E-state index contributed by atoms with van der Waals surface area (Å²) >= 11 is 5.85. The molecule has 6 nitrogen and oxygen atoms in total. The van der Waals surface area contributed by atoms with Gasteiger partial charge in [-0.15, -0.1) is 0 Å². The van der Waals surface area contributed by atoms with Crippen LogP contribution in [0.15, 0.2) is 78.4 Å². The number of rotatable bonds is 7. The number of aryl methyl sites for hydroxylation is 1. The van der Waals surface area contributed by atoms with Gasteiger partial charge in [0, 0.05) is 22.0 Å². The van der Waals surface area contributed by atoms with Crippen LogP contribution in [0.25, 0.3) is 6.08 Å². The average Bonchev–Trinajstić information content (AvgIpc) is 2.79. The third kappa shape index (κ3) is 6.21. The maximum atomic E-state index is 12.5. The Balaban J connectivity index is 1.70. The molecule has 0 aliphatic carbocycles. The zero-order valence-corrected chi connectivity index (χ0v) is 18.0. The van der Waals surface area contributed by atoms with Gasteiger partial charge in [0.15, 0.2) is 6.61 Å². The Morgan fingerprint density at radius 1 is 1.00 bits per heavy atom. The third-order valence-corrected chi connectivity index (χ3v) is 4.72. The van der Waals surface area contributed by atoms with Crippen LogP contribution < -0.4 is 15.4 Å². The molecule has 0 saturated carbocycles. The Hall–Kier alpha value is -4.08. The fourth-order valence-corrected chi connectivity index (χ4v) is 2.94. The van der Waals surface area contributed by atoms with E-state index >= 15 is 0 Å².